The Labute approximate surface area is 150 Å². The molecule has 1 aliphatic carbocycles. The van der Waals surface area contributed by atoms with Crippen LogP contribution in [0.1, 0.15) is 31.7 Å². The van der Waals surface area contributed by atoms with Gasteiger partial charge in [0.15, 0.2) is 15.8 Å². The molecule has 1 saturated heterocycles. The van der Waals surface area contributed by atoms with Crippen LogP contribution in [0, 0.1) is 0 Å². The van der Waals surface area contributed by atoms with Gasteiger partial charge in [-0.25, -0.2) is 8.42 Å². The van der Waals surface area contributed by atoms with Gasteiger partial charge in [0.2, 0.25) is 0 Å². The van der Waals surface area contributed by atoms with Gasteiger partial charge in [-0.1, -0.05) is 18.2 Å². The number of para-hydroxylation sites is 1. The van der Waals surface area contributed by atoms with Crippen LogP contribution in [0.25, 0.3) is 0 Å². The number of hydrogen-bond acceptors (Lipinski definition) is 4. The fourth-order valence-corrected chi connectivity index (χ4v) is 5.07. The third kappa shape index (κ3) is 4.26. The Bertz CT molecular complexity index is 742. The average molecular weight is 365 g/mol. The molecule has 2 fully saturated rings. The summed E-state index contributed by atoms with van der Waals surface area (Å²) in [5.74, 6) is 2.06. The van der Waals surface area contributed by atoms with E-state index in [1.807, 2.05) is 25.1 Å². The van der Waals surface area contributed by atoms with Gasteiger partial charge in [0.1, 0.15) is 5.75 Å². The second-order valence-electron chi connectivity index (χ2n) is 6.92. The molecule has 6 nitrogen and oxygen atoms in total. The van der Waals surface area contributed by atoms with E-state index in [4.69, 9.17) is 9.73 Å². The Morgan fingerprint density at radius 3 is 2.72 bits per heavy atom. The van der Waals surface area contributed by atoms with Crippen LogP contribution in [0.15, 0.2) is 29.3 Å². The van der Waals surface area contributed by atoms with E-state index >= 15 is 0 Å². The Hall–Kier alpha value is -1.76. The van der Waals surface area contributed by atoms with Gasteiger partial charge in [-0.05, 0) is 32.3 Å². The molecule has 2 aliphatic rings. The van der Waals surface area contributed by atoms with E-state index in [0.717, 1.165) is 25.1 Å². The molecular weight excluding hydrogens is 338 g/mol. The Balaban J connectivity index is 1.71. The second kappa shape index (κ2) is 7.23. The number of methoxy groups -OCH3 is 1. The second-order valence-corrected chi connectivity index (χ2v) is 9.15. The molecule has 1 heterocycles. The molecule has 138 valence electrons. The summed E-state index contributed by atoms with van der Waals surface area (Å²) in [7, 11) is -1.20. The first kappa shape index (κ1) is 18.0. The van der Waals surface area contributed by atoms with E-state index in [1.54, 1.807) is 7.11 Å². The topological polar surface area (TPSA) is 79.8 Å². The maximum atomic E-state index is 11.6. The smallest absolute Gasteiger partial charge is 0.191 e. The number of guanidine groups is 1. The van der Waals surface area contributed by atoms with E-state index in [-0.39, 0.29) is 23.0 Å². The maximum absolute atomic E-state index is 11.6. The van der Waals surface area contributed by atoms with E-state index in [1.165, 1.54) is 5.56 Å². The zero-order chi connectivity index (χ0) is 17.9. The summed E-state index contributed by atoms with van der Waals surface area (Å²) in [6.45, 7) is 3.42. The third-order valence-corrected chi connectivity index (χ3v) is 6.76. The highest BCUT2D eigenvalue weighted by molar-refractivity contribution is 7.91. The molecule has 0 bridgehead atoms. The molecule has 25 heavy (non-hydrogen) atoms. The molecule has 0 spiro atoms. The van der Waals surface area contributed by atoms with Gasteiger partial charge < -0.3 is 15.4 Å². The van der Waals surface area contributed by atoms with Crippen molar-refractivity contribution in [1.82, 2.24) is 10.6 Å². The summed E-state index contributed by atoms with van der Waals surface area (Å²) >= 11 is 0. The number of ether oxygens (including phenoxy) is 1. The predicted molar refractivity (Wildman–Crippen MR) is 100 cm³/mol. The van der Waals surface area contributed by atoms with Gasteiger partial charge in [0.05, 0.1) is 25.2 Å². The molecule has 0 aromatic heterocycles. The van der Waals surface area contributed by atoms with Crippen LogP contribution in [-0.2, 0) is 15.3 Å². The zero-order valence-electron chi connectivity index (χ0n) is 14.9. The first-order valence-corrected chi connectivity index (χ1v) is 10.7. The quantitative estimate of drug-likeness (QED) is 0.589. The fraction of sp³-hybridized carbons (Fsp3) is 0.611. The SMILES string of the molecule is CCNC(=NCC1(c2ccccc2OC)CC1)NC1CCS(=O)(=O)C1. The number of nitrogens with zero attached hydrogens (tertiary/aromatic N) is 1. The van der Waals surface area contributed by atoms with Crippen LogP contribution < -0.4 is 15.4 Å². The van der Waals surface area contributed by atoms with Crippen molar-refractivity contribution in [3.63, 3.8) is 0 Å². The summed E-state index contributed by atoms with van der Waals surface area (Å²) in [5, 5.41) is 6.51. The molecule has 1 atom stereocenters. The highest BCUT2D eigenvalue weighted by Gasteiger charge is 2.46. The number of nitrogens with one attached hydrogen (secondary N) is 2. The van der Waals surface area contributed by atoms with Crippen LogP contribution in [0.4, 0.5) is 0 Å². The monoisotopic (exact) mass is 365 g/mol. The van der Waals surface area contributed by atoms with Crippen LogP contribution in [-0.4, -0.2) is 52.1 Å². The molecule has 1 aliphatic heterocycles. The summed E-state index contributed by atoms with van der Waals surface area (Å²) in [6, 6.07) is 8.07. The lowest BCUT2D eigenvalue weighted by atomic mass is 9.95. The molecule has 0 amide bonds. The maximum Gasteiger partial charge on any atom is 0.191 e. The lowest BCUT2D eigenvalue weighted by molar-refractivity contribution is 0.404. The van der Waals surface area contributed by atoms with E-state index in [9.17, 15) is 8.42 Å². The number of sulfone groups is 1. The predicted octanol–water partition coefficient (Wildman–Crippen LogP) is 1.47. The van der Waals surface area contributed by atoms with Gasteiger partial charge in [-0.3, -0.25) is 4.99 Å². The first-order chi connectivity index (χ1) is 12.0. The lowest BCUT2D eigenvalue weighted by Gasteiger charge is -2.19. The highest BCUT2D eigenvalue weighted by atomic mass is 32.2. The van der Waals surface area contributed by atoms with Crippen molar-refractivity contribution < 1.29 is 13.2 Å². The Morgan fingerprint density at radius 1 is 1.36 bits per heavy atom. The van der Waals surface area contributed by atoms with Gasteiger partial charge in [-0.15, -0.1) is 0 Å². The molecule has 1 aromatic rings. The molecule has 1 saturated carbocycles. The van der Waals surface area contributed by atoms with Gasteiger partial charge >= 0.3 is 0 Å². The Morgan fingerprint density at radius 2 is 2.12 bits per heavy atom. The van der Waals surface area contributed by atoms with Gasteiger partial charge in [0, 0.05) is 23.6 Å². The van der Waals surface area contributed by atoms with Crippen molar-refractivity contribution in [3.8, 4) is 5.75 Å². The van der Waals surface area contributed by atoms with Gasteiger partial charge in [-0.2, -0.15) is 0 Å². The van der Waals surface area contributed by atoms with Crippen molar-refractivity contribution in [2.24, 2.45) is 4.99 Å². The summed E-state index contributed by atoms with van der Waals surface area (Å²) < 4.78 is 28.8. The summed E-state index contributed by atoms with van der Waals surface area (Å²) in [5.41, 5.74) is 1.25. The minimum Gasteiger partial charge on any atom is -0.496 e. The normalized spacial score (nSPS) is 23.9. The molecule has 1 unspecified atom stereocenters. The van der Waals surface area contributed by atoms with Gasteiger partial charge in [0.25, 0.3) is 0 Å². The van der Waals surface area contributed by atoms with Crippen LogP contribution in [0.3, 0.4) is 0 Å². The minimum atomic E-state index is -2.90. The van der Waals surface area contributed by atoms with E-state index in [2.05, 4.69) is 16.7 Å². The molecule has 3 rings (SSSR count). The van der Waals surface area contributed by atoms with Crippen LogP contribution in [0.5, 0.6) is 5.75 Å². The van der Waals surface area contributed by atoms with Crippen molar-refractivity contribution in [2.45, 2.75) is 37.6 Å². The number of benzene rings is 1. The molecule has 7 heteroatoms. The largest absolute Gasteiger partial charge is 0.496 e. The fourth-order valence-electron chi connectivity index (χ4n) is 3.40. The summed E-state index contributed by atoms with van der Waals surface area (Å²) in [6.07, 6.45) is 2.83. The standard InChI is InChI=1S/C18H27N3O3S/c1-3-19-17(21-14-8-11-25(22,23)12-14)20-13-18(9-10-18)15-6-4-5-7-16(15)24-2/h4-7,14H,3,8-13H2,1-2H3,(H2,19,20,21). The van der Waals surface area contributed by atoms with Crippen LogP contribution in [0.2, 0.25) is 0 Å². The van der Waals surface area contributed by atoms with Crippen LogP contribution >= 0.6 is 0 Å². The van der Waals surface area contributed by atoms with Crippen molar-refractivity contribution >= 4 is 15.8 Å². The van der Waals surface area contributed by atoms with Crippen molar-refractivity contribution in [1.29, 1.82) is 0 Å². The number of aliphatic imine (C=N–C) groups is 1. The first-order valence-electron chi connectivity index (χ1n) is 8.87. The summed E-state index contributed by atoms with van der Waals surface area (Å²) in [4.78, 5) is 4.75. The van der Waals surface area contributed by atoms with E-state index < -0.39 is 9.84 Å². The Kier molecular flexibility index (Phi) is 5.22. The molecular formula is C18H27N3O3S. The lowest BCUT2D eigenvalue weighted by Crippen LogP contribution is -2.44. The number of rotatable bonds is 6. The van der Waals surface area contributed by atoms with Crippen molar-refractivity contribution in [2.75, 3.05) is 31.7 Å². The zero-order valence-corrected chi connectivity index (χ0v) is 15.7. The third-order valence-electron chi connectivity index (χ3n) is 4.99. The average Bonchev–Trinajstić information content (AvgIpc) is 3.31. The number of hydrogen-bond donors (Lipinski definition) is 2. The van der Waals surface area contributed by atoms with E-state index in [0.29, 0.717) is 18.9 Å². The van der Waals surface area contributed by atoms with Crippen molar-refractivity contribution in [3.05, 3.63) is 29.8 Å². The molecule has 1 aromatic carbocycles. The highest BCUT2D eigenvalue weighted by Crippen LogP contribution is 2.51. The molecule has 0 radical (unpaired) electrons. The molecule has 2 N–H and O–H groups in total. The minimum absolute atomic E-state index is 0.0384.